The molecule has 0 aromatic heterocycles. The third-order valence-corrected chi connectivity index (χ3v) is 31.1. The Morgan fingerprint density at radius 2 is 0.414 bits per heavy atom. The molecular weight excluding hydrogens is 2000 g/mol. The van der Waals surface area contributed by atoms with Crippen molar-refractivity contribution < 1.29 is 89.5 Å². The van der Waals surface area contributed by atoms with E-state index in [0.29, 0.717) is 0 Å². The molecule has 0 radical (unpaired) electrons. The SMILES string of the molecule is [Au+].[Au+].[Au+].[Au+].[C-]#Cc1ccc2c(c1)-c1cc(C#[C-])ccc1C2(C)C.[C-]#Cc1ccc2c(c1)-c1cc(C#[C-])ccc1C2(C)C.c1ccc([PH+](CCCC[PH+](c2ccccc2)c2ccccc2)c2ccccc2)cc1.c1ccc([PH+](C[PH+](c2ccccc2)c2ccccc2)c2ccccc2)cc1. The van der Waals surface area contributed by atoms with Crippen molar-refractivity contribution >= 4 is 74.1 Å². The molecule has 0 nitrogen and oxygen atoms in total. The van der Waals surface area contributed by atoms with E-state index in [1.54, 1.807) is 0 Å². The quantitative estimate of drug-likeness (QED) is 0.0315. The van der Waals surface area contributed by atoms with Gasteiger partial charge in [-0.25, -0.2) is 0 Å². The van der Waals surface area contributed by atoms with Crippen LogP contribution in [0.25, 0.3) is 22.3 Å². The first-order valence-corrected chi connectivity index (χ1v) is 39.5. The second-order valence-corrected chi connectivity index (χ2v) is 35.9. The summed E-state index contributed by atoms with van der Waals surface area (Å²) < 4.78 is 0. The Hall–Kier alpha value is -6.44. The van der Waals surface area contributed by atoms with E-state index in [-0.39, 0.29) is 100 Å². The van der Waals surface area contributed by atoms with Crippen LogP contribution in [0.1, 0.15) is 85.0 Å². The van der Waals surface area contributed by atoms with Gasteiger partial charge in [-0.15, -0.1) is 70.8 Å². The van der Waals surface area contributed by atoms with E-state index in [9.17, 15) is 0 Å². The molecule has 0 atom stereocenters. The summed E-state index contributed by atoms with van der Waals surface area (Å²) in [5, 5.41) is 12.1. The van der Waals surface area contributed by atoms with E-state index in [0.717, 1.165) is 44.5 Å². The zero-order valence-electron chi connectivity index (χ0n) is 55.8. The molecule has 0 saturated carbocycles. The molecule has 99 heavy (non-hydrogen) atoms. The van der Waals surface area contributed by atoms with Crippen LogP contribution in [0.15, 0.2) is 315 Å². The van der Waals surface area contributed by atoms with E-state index in [2.05, 4.69) is 318 Å². The average Bonchev–Trinajstić information content (AvgIpc) is 1.59. The monoisotopic (exact) mass is 2080 g/mol. The molecule has 0 bridgehead atoms. The molecular formula is C91H78Au4P4+4. The summed E-state index contributed by atoms with van der Waals surface area (Å²) in [6.07, 6.45) is 34.3. The van der Waals surface area contributed by atoms with Crippen molar-refractivity contribution in [2.75, 3.05) is 18.2 Å². The van der Waals surface area contributed by atoms with Crippen molar-refractivity contribution in [3.05, 3.63) is 386 Å². The van der Waals surface area contributed by atoms with Crippen LogP contribution in [0.2, 0.25) is 0 Å². The maximum absolute atomic E-state index is 7.28. The largest absolute Gasteiger partial charge is 1.00 e. The summed E-state index contributed by atoms with van der Waals surface area (Å²) >= 11 is 0. The molecule has 0 amide bonds. The first-order valence-electron chi connectivity index (χ1n) is 32.7. The maximum atomic E-state index is 7.28. The van der Waals surface area contributed by atoms with E-state index < -0.39 is 31.7 Å². The van der Waals surface area contributed by atoms with E-state index >= 15 is 0 Å². The number of benzene rings is 12. The van der Waals surface area contributed by atoms with Crippen LogP contribution in [0.5, 0.6) is 0 Å². The minimum atomic E-state index is -0.847. The number of rotatable bonds is 15. The van der Waals surface area contributed by atoms with Gasteiger partial charge in [-0.05, 0) is 154 Å². The van der Waals surface area contributed by atoms with Crippen molar-refractivity contribution in [2.45, 2.75) is 51.4 Å². The van der Waals surface area contributed by atoms with Crippen molar-refractivity contribution in [3.63, 3.8) is 0 Å². The Labute approximate surface area is 658 Å². The van der Waals surface area contributed by atoms with Gasteiger partial charge in [-0.2, -0.15) is 0 Å². The van der Waals surface area contributed by atoms with Gasteiger partial charge in [0.05, 0.1) is 49.4 Å². The standard InChI is InChI=1S/C28H28P2.C25H22P2.2C19H12.4Au/c1-5-15-25(16-6-1)29(26-17-7-2-8-18-26)23-13-14-24-30(27-19-9-3-10-20-27)28-21-11-4-12-22-28;1-5-13-22(14-6-1)26(23-15-7-2-8-16-23)21-27(24-17-9-3-10-18-24)25-19-11-4-12-20-25;2*1-5-13-7-9-17-15(11-13)16-12-14(6-2)8-10-18(16)19(17,3)4;;;;/h1-12,15-22H,13-14,23-24H2;1-20H,21H2;2*7-12H,3-4H3;;;;/q;;2*-2;4*+1/p+4. The number of hydrogen-bond acceptors (Lipinski definition) is 0. The molecule has 0 spiro atoms. The van der Waals surface area contributed by atoms with Crippen LogP contribution in [-0.2, 0) is 100 Å². The second kappa shape index (κ2) is 39.1. The number of hydrogen-bond donors (Lipinski definition) is 0. The minimum Gasteiger partial charge on any atom is -0.366 e. The van der Waals surface area contributed by atoms with Crippen molar-refractivity contribution in [1.29, 1.82) is 0 Å². The van der Waals surface area contributed by atoms with Crippen LogP contribution in [-0.4, -0.2) is 18.2 Å². The topological polar surface area (TPSA) is 0 Å². The molecule has 8 heteroatoms. The third-order valence-electron chi connectivity index (χ3n) is 18.4. The van der Waals surface area contributed by atoms with Gasteiger partial charge in [-0.1, -0.05) is 198 Å². The van der Waals surface area contributed by atoms with Gasteiger partial charge in [0, 0.05) is 10.8 Å². The fraction of sp³-hybridized carbons (Fsp3) is 0.121. The van der Waals surface area contributed by atoms with Crippen molar-refractivity contribution in [1.82, 2.24) is 0 Å². The molecule has 2 aliphatic carbocycles. The molecule has 502 valence electrons. The predicted octanol–water partition coefficient (Wildman–Crippen LogP) is 17.9. The fourth-order valence-electron chi connectivity index (χ4n) is 13.4. The number of fused-ring (bicyclic) bond motifs is 6. The molecule has 0 unspecified atom stereocenters. The van der Waals surface area contributed by atoms with Gasteiger partial charge in [0.2, 0.25) is 0 Å². The Morgan fingerprint density at radius 1 is 0.242 bits per heavy atom. The Kier molecular flexibility index (Phi) is 31.6. The molecule has 14 rings (SSSR count). The van der Waals surface area contributed by atoms with Gasteiger partial charge in [0.1, 0.15) is 37.1 Å². The molecule has 0 heterocycles. The van der Waals surface area contributed by atoms with Gasteiger partial charge < -0.3 is 25.7 Å². The molecule has 12 aromatic rings. The molecule has 0 fully saturated rings. The van der Waals surface area contributed by atoms with E-state index in [1.165, 1.54) is 95.8 Å². The molecule has 0 saturated heterocycles. The van der Waals surface area contributed by atoms with Crippen LogP contribution < -0.4 is 42.4 Å². The Bertz CT molecular complexity index is 4090. The molecule has 2 aliphatic rings. The number of unbranched alkanes of at least 4 members (excludes halogenated alkanes) is 1. The Morgan fingerprint density at radius 3 is 0.586 bits per heavy atom. The summed E-state index contributed by atoms with van der Waals surface area (Å²) in [7, 11) is -3.12. The predicted molar refractivity (Wildman–Crippen MR) is 419 cm³/mol. The average molecular weight is 2080 g/mol. The van der Waals surface area contributed by atoms with Crippen LogP contribution >= 0.6 is 31.7 Å². The van der Waals surface area contributed by atoms with Crippen LogP contribution in [0, 0.1) is 49.4 Å². The van der Waals surface area contributed by atoms with E-state index in [4.69, 9.17) is 25.7 Å². The molecule has 0 aliphatic heterocycles. The summed E-state index contributed by atoms with van der Waals surface area (Å²) in [5.41, 5.74) is 12.7. The summed E-state index contributed by atoms with van der Waals surface area (Å²) in [6, 6.07) is 113. The van der Waals surface area contributed by atoms with Crippen molar-refractivity contribution in [3.8, 4) is 45.9 Å². The minimum absolute atomic E-state index is 0. The van der Waals surface area contributed by atoms with Gasteiger partial charge >= 0.3 is 89.5 Å². The molecule has 0 N–H and O–H groups in total. The first kappa shape index (κ1) is 79.9. The smallest absolute Gasteiger partial charge is 0.366 e. The Balaban J connectivity index is 0.000000186. The normalized spacial score (nSPS) is 11.8. The maximum Gasteiger partial charge on any atom is 1.00 e. The van der Waals surface area contributed by atoms with Crippen LogP contribution in [0.4, 0.5) is 0 Å². The fourth-order valence-corrected chi connectivity index (χ4v) is 26.5. The van der Waals surface area contributed by atoms with Crippen LogP contribution in [0.3, 0.4) is 0 Å². The second-order valence-electron chi connectivity index (χ2n) is 25.0. The zero-order chi connectivity index (χ0) is 66.0. The van der Waals surface area contributed by atoms with Gasteiger partial charge in [0.15, 0.2) is 5.90 Å². The summed E-state index contributed by atoms with van der Waals surface area (Å²) in [4.78, 5) is 0. The first-order chi connectivity index (χ1) is 46.5. The van der Waals surface area contributed by atoms with E-state index in [1.807, 2.05) is 48.5 Å². The zero-order valence-corrected chi connectivity index (χ0v) is 68.4. The summed E-state index contributed by atoms with van der Waals surface area (Å²) in [5.74, 6) is 11.0. The molecule has 12 aromatic carbocycles. The van der Waals surface area contributed by atoms with Gasteiger partial charge in [-0.3, -0.25) is 23.7 Å². The van der Waals surface area contributed by atoms with Crippen molar-refractivity contribution in [2.24, 2.45) is 0 Å². The van der Waals surface area contributed by atoms with Gasteiger partial charge in [0.25, 0.3) is 0 Å². The third kappa shape index (κ3) is 19.8. The summed E-state index contributed by atoms with van der Waals surface area (Å²) in [6.45, 7) is 8.83.